The van der Waals surface area contributed by atoms with Gasteiger partial charge in [0.1, 0.15) is 11.0 Å². The van der Waals surface area contributed by atoms with Crippen molar-refractivity contribution in [2.24, 2.45) is 0 Å². The first-order chi connectivity index (χ1) is 12.2. The minimum Gasteiger partial charge on any atom is -0.387 e. The van der Waals surface area contributed by atoms with Crippen molar-refractivity contribution >= 4 is 39.4 Å². The highest BCUT2D eigenvalue weighted by Crippen LogP contribution is 2.24. The molecule has 0 radical (unpaired) electrons. The number of benzene rings is 3. The number of hydrogen-bond acceptors (Lipinski definition) is 5. The van der Waals surface area contributed by atoms with Crippen LogP contribution in [0, 0.1) is 0 Å². The molecule has 0 aliphatic heterocycles. The molecule has 1 amide bonds. The van der Waals surface area contributed by atoms with Gasteiger partial charge in [-0.2, -0.15) is 8.75 Å². The number of carbonyl (C=O) groups excluding carboxylic acids is 1. The Hall–Kier alpha value is -2.83. The Morgan fingerprint density at radius 2 is 1.84 bits per heavy atom. The van der Waals surface area contributed by atoms with Crippen LogP contribution in [0.4, 0.5) is 0 Å². The summed E-state index contributed by atoms with van der Waals surface area (Å²) in [4.78, 5) is 12.3. The van der Waals surface area contributed by atoms with Gasteiger partial charge in [-0.3, -0.25) is 4.79 Å². The second kappa shape index (κ2) is 6.58. The third kappa shape index (κ3) is 3.09. The van der Waals surface area contributed by atoms with Crippen LogP contribution in [0.1, 0.15) is 22.0 Å². The maximum absolute atomic E-state index is 12.3. The van der Waals surface area contributed by atoms with Gasteiger partial charge in [-0.1, -0.05) is 42.5 Å². The normalized spacial score (nSPS) is 12.4. The van der Waals surface area contributed by atoms with E-state index in [1.165, 1.54) is 0 Å². The van der Waals surface area contributed by atoms with Gasteiger partial charge >= 0.3 is 0 Å². The molecule has 0 saturated heterocycles. The number of rotatable bonds is 4. The Morgan fingerprint density at radius 1 is 1.04 bits per heavy atom. The Morgan fingerprint density at radius 3 is 2.76 bits per heavy atom. The van der Waals surface area contributed by atoms with Crippen LogP contribution in [-0.2, 0) is 0 Å². The van der Waals surface area contributed by atoms with E-state index in [0.29, 0.717) is 11.1 Å². The monoisotopic (exact) mass is 349 g/mol. The highest BCUT2D eigenvalue weighted by molar-refractivity contribution is 7.00. The largest absolute Gasteiger partial charge is 0.387 e. The van der Waals surface area contributed by atoms with E-state index < -0.39 is 6.10 Å². The number of nitrogens with zero attached hydrogens (tertiary/aromatic N) is 2. The Labute approximate surface area is 148 Å². The molecule has 0 spiro atoms. The fourth-order valence-corrected chi connectivity index (χ4v) is 3.38. The fourth-order valence-electron chi connectivity index (χ4n) is 2.87. The van der Waals surface area contributed by atoms with E-state index in [1.807, 2.05) is 42.5 Å². The van der Waals surface area contributed by atoms with Crippen molar-refractivity contribution in [3.05, 3.63) is 71.8 Å². The van der Waals surface area contributed by atoms with Gasteiger partial charge in [-0.15, -0.1) is 0 Å². The second-order valence-electron chi connectivity index (χ2n) is 5.76. The molecule has 5 nitrogen and oxygen atoms in total. The number of amides is 1. The van der Waals surface area contributed by atoms with Crippen molar-refractivity contribution in [2.75, 3.05) is 6.54 Å². The molecule has 4 aromatic rings. The lowest BCUT2D eigenvalue weighted by molar-refractivity contribution is 0.0917. The summed E-state index contributed by atoms with van der Waals surface area (Å²) < 4.78 is 8.26. The molecular weight excluding hydrogens is 334 g/mol. The fraction of sp³-hybridized carbons (Fsp3) is 0.105. The molecule has 0 bridgehead atoms. The zero-order valence-electron chi connectivity index (χ0n) is 13.2. The summed E-state index contributed by atoms with van der Waals surface area (Å²) in [5.41, 5.74) is 2.78. The zero-order valence-corrected chi connectivity index (χ0v) is 14.0. The summed E-state index contributed by atoms with van der Waals surface area (Å²) in [5, 5.41) is 15.4. The van der Waals surface area contributed by atoms with Crippen LogP contribution >= 0.6 is 11.7 Å². The van der Waals surface area contributed by atoms with Gasteiger partial charge in [0.05, 0.1) is 17.8 Å². The lowest BCUT2D eigenvalue weighted by Gasteiger charge is -2.14. The van der Waals surface area contributed by atoms with Crippen molar-refractivity contribution in [3.63, 3.8) is 0 Å². The van der Waals surface area contributed by atoms with Crippen LogP contribution < -0.4 is 5.32 Å². The number of nitrogens with one attached hydrogen (secondary N) is 1. The Balaban J connectivity index is 1.50. The second-order valence-corrected chi connectivity index (χ2v) is 6.29. The minimum absolute atomic E-state index is 0.139. The smallest absolute Gasteiger partial charge is 0.251 e. The highest BCUT2D eigenvalue weighted by Gasteiger charge is 2.14. The molecule has 124 valence electrons. The molecule has 25 heavy (non-hydrogen) atoms. The molecule has 0 fully saturated rings. The van der Waals surface area contributed by atoms with Crippen molar-refractivity contribution in [1.82, 2.24) is 14.1 Å². The SMILES string of the molecule is O=C(NCC(O)c1cccc2ccccc12)c1ccc2nsnc2c1. The summed E-state index contributed by atoms with van der Waals surface area (Å²) in [7, 11) is 0. The van der Waals surface area contributed by atoms with E-state index in [0.717, 1.165) is 33.6 Å². The molecule has 1 aromatic heterocycles. The predicted molar refractivity (Wildman–Crippen MR) is 98.7 cm³/mol. The highest BCUT2D eigenvalue weighted by atomic mass is 32.1. The lowest BCUT2D eigenvalue weighted by Crippen LogP contribution is -2.28. The first kappa shape index (κ1) is 15.7. The van der Waals surface area contributed by atoms with Gasteiger partial charge in [0.25, 0.3) is 5.91 Å². The van der Waals surface area contributed by atoms with Crippen molar-refractivity contribution in [1.29, 1.82) is 0 Å². The minimum atomic E-state index is -0.778. The van der Waals surface area contributed by atoms with E-state index in [-0.39, 0.29) is 12.5 Å². The van der Waals surface area contributed by atoms with E-state index in [9.17, 15) is 9.90 Å². The molecule has 2 N–H and O–H groups in total. The van der Waals surface area contributed by atoms with Crippen LogP contribution in [-0.4, -0.2) is 26.3 Å². The van der Waals surface area contributed by atoms with Gasteiger partial charge in [0, 0.05) is 12.1 Å². The van der Waals surface area contributed by atoms with Crippen molar-refractivity contribution in [2.45, 2.75) is 6.10 Å². The van der Waals surface area contributed by atoms with Crippen LogP contribution in [0.5, 0.6) is 0 Å². The third-order valence-corrected chi connectivity index (χ3v) is 4.71. The number of aliphatic hydroxyl groups excluding tert-OH is 1. The predicted octanol–water partition coefficient (Wildman–Crippen LogP) is 3.31. The standard InChI is InChI=1S/C19H15N3O2S/c23-18(15-7-3-5-12-4-1-2-6-14(12)15)11-20-19(24)13-8-9-16-17(10-13)22-25-21-16/h1-10,18,23H,11H2,(H,20,24). The summed E-state index contributed by atoms with van der Waals surface area (Å²) in [6.07, 6.45) is -0.778. The molecular formula is C19H15N3O2S. The summed E-state index contributed by atoms with van der Waals surface area (Å²) in [6, 6.07) is 18.9. The summed E-state index contributed by atoms with van der Waals surface area (Å²) in [5.74, 6) is -0.241. The molecule has 1 unspecified atom stereocenters. The number of aromatic nitrogens is 2. The number of aliphatic hydroxyl groups is 1. The molecule has 3 aromatic carbocycles. The Kier molecular flexibility index (Phi) is 4.13. The molecule has 6 heteroatoms. The van der Waals surface area contributed by atoms with E-state index >= 15 is 0 Å². The van der Waals surface area contributed by atoms with Crippen LogP contribution in [0.3, 0.4) is 0 Å². The van der Waals surface area contributed by atoms with Crippen LogP contribution in [0.25, 0.3) is 21.8 Å². The quantitative estimate of drug-likeness (QED) is 0.593. The number of fused-ring (bicyclic) bond motifs is 2. The molecule has 0 saturated carbocycles. The van der Waals surface area contributed by atoms with E-state index in [4.69, 9.17) is 0 Å². The summed E-state index contributed by atoms with van der Waals surface area (Å²) in [6.45, 7) is 0.139. The van der Waals surface area contributed by atoms with Crippen molar-refractivity contribution < 1.29 is 9.90 Å². The molecule has 1 atom stereocenters. The third-order valence-electron chi connectivity index (χ3n) is 4.15. The van der Waals surface area contributed by atoms with Crippen molar-refractivity contribution in [3.8, 4) is 0 Å². The maximum atomic E-state index is 12.3. The van der Waals surface area contributed by atoms with Gasteiger partial charge in [-0.25, -0.2) is 0 Å². The van der Waals surface area contributed by atoms with Crippen LogP contribution in [0.15, 0.2) is 60.7 Å². The molecule has 0 aliphatic rings. The Bertz CT molecular complexity index is 1060. The van der Waals surface area contributed by atoms with E-state index in [1.54, 1.807) is 18.2 Å². The number of hydrogen-bond donors (Lipinski definition) is 2. The topological polar surface area (TPSA) is 75.1 Å². The maximum Gasteiger partial charge on any atom is 0.251 e. The van der Waals surface area contributed by atoms with Gasteiger partial charge in [0.15, 0.2) is 0 Å². The molecule has 0 aliphatic carbocycles. The zero-order chi connectivity index (χ0) is 17.2. The van der Waals surface area contributed by atoms with Gasteiger partial charge in [0.2, 0.25) is 0 Å². The average Bonchev–Trinajstić information content (AvgIpc) is 3.13. The average molecular weight is 349 g/mol. The molecule has 4 rings (SSSR count). The number of carbonyl (C=O) groups is 1. The lowest BCUT2D eigenvalue weighted by atomic mass is 10.0. The molecule has 1 heterocycles. The first-order valence-electron chi connectivity index (χ1n) is 7.88. The van der Waals surface area contributed by atoms with Crippen LogP contribution in [0.2, 0.25) is 0 Å². The first-order valence-corrected chi connectivity index (χ1v) is 8.61. The summed E-state index contributed by atoms with van der Waals surface area (Å²) >= 11 is 1.12. The van der Waals surface area contributed by atoms with Gasteiger partial charge in [-0.05, 0) is 34.5 Å². The van der Waals surface area contributed by atoms with Gasteiger partial charge < -0.3 is 10.4 Å². The van der Waals surface area contributed by atoms with E-state index in [2.05, 4.69) is 14.1 Å².